The molecule has 128 valence electrons. The zero-order chi connectivity index (χ0) is 17.6. The molecular weight excluding hydrogens is 365 g/mol. The molecule has 1 aromatic carbocycles. The highest BCUT2D eigenvalue weighted by molar-refractivity contribution is 7.80. The topological polar surface area (TPSA) is 70.3 Å². The van der Waals surface area contributed by atoms with E-state index in [2.05, 4.69) is 30.6 Å². The Morgan fingerprint density at radius 2 is 2.09 bits per heavy atom. The average Bonchev–Trinajstić information content (AvgIpc) is 2.79. The molecule has 1 heterocycles. The number of thiazole rings is 1. The van der Waals surface area contributed by atoms with E-state index in [1.807, 2.05) is 12.1 Å². The number of benzene rings is 1. The van der Waals surface area contributed by atoms with Crippen LogP contribution in [-0.2, 0) is 21.8 Å². The SMILES string of the molecule is CCC(=Cc1sc2ccc(Cl)cc2[n+]1CC)OC.O=S(=O)([O-])F. The van der Waals surface area contributed by atoms with Gasteiger partial charge in [0.2, 0.25) is 5.52 Å². The molecule has 0 N–H and O–H groups in total. The van der Waals surface area contributed by atoms with Crippen LogP contribution in [0.15, 0.2) is 24.0 Å². The van der Waals surface area contributed by atoms with Gasteiger partial charge < -0.3 is 9.29 Å². The quantitative estimate of drug-likeness (QED) is 0.350. The third kappa shape index (κ3) is 6.42. The molecule has 0 amide bonds. The predicted octanol–water partition coefficient (Wildman–Crippen LogP) is 3.68. The summed E-state index contributed by atoms with van der Waals surface area (Å²) in [5, 5.41) is 1.98. The van der Waals surface area contributed by atoms with Crippen molar-refractivity contribution in [2.24, 2.45) is 0 Å². The molecule has 0 unspecified atom stereocenters. The van der Waals surface area contributed by atoms with Crippen LogP contribution in [-0.4, -0.2) is 20.1 Å². The van der Waals surface area contributed by atoms with Crippen molar-refractivity contribution in [2.45, 2.75) is 26.8 Å². The van der Waals surface area contributed by atoms with Crippen LogP contribution in [0.2, 0.25) is 5.02 Å². The lowest BCUT2D eigenvalue weighted by Crippen LogP contribution is -2.33. The molecule has 0 aliphatic rings. The molecule has 23 heavy (non-hydrogen) atoms. The molecule has 0 saturated heterocycles. The fourth-order valence-electron chi connectivity index (χ4n) is 1.95. The molecule has 0 atom stereocenters. The van der Waals surface area contributed by atoms with Gasteiger partial charge in [0, 0.05) is 17.5 Å². The molecule has 0 saturated carbocycles. The summed E-state index contributed by atoms with van der Waals surface area (Å²) >= 11 is 7.83. The molecule has 5 nitrogen and oxygen atoms in total. The first-order valence-corrected chi connectivity index (χ1v) is 9.21. The van der Waals surface area contributed by atoms with Gasteiger partial charge in [-0.2, -0.15) is 4.57 Å². The fraction of sp³-hybridized carbons (Fsp3) is 0.357. The van der Waals surface area contributed by atoms with Crippen LogP contribution in [0, 0.1) is 0 Å². The van der Waals surface area contributed by atoms with Gasteiger partial charge in [-0.25, -0.2) is 8.42 Å². The Bertz CT molecular complexity index is 788. The minimum Gasteiger partial charge on any atom is -0.722 e. The minimum absolute atomic E-state index is 0.778. The Balaban J connectivity index is 0.000000463. The van der Waals surface area contributed by atoms with Crippen molar-refractivity contribution >= 4 is 49.7 Å². The lowest BCUT2D eigenvalue weighted by molar-refractivity contribution is -0.665. The molecular formula is C14H17ClFNO4S2. The van der Waals surface area contributed by atoms with E-state index in [0.717, 1.165) is 23.7 Å². The van der Waals surface area contributed by atoms with Gasteiger partial charge in [0.25, 0.3) is 15.5 Å². The average molecular weight is 382 g/mol. The Morgan fingerprint density at radius 3 is 2.57 bits per heavy atom. The highest BCUT2D eigenvalue weighted by Gasteiger charge is 2.18. The maximum Gasteiger partial charge on any atom is 0.266 e. The van der Waals surface area contributed by atoms with Gasteiger partial charge in [0.05, 0.1) is 13.2 Å². The number of halogens is 2. The maximum atomic E-state index is 10.1. The molecule has 0 bridgehead atoms. The summed E-state index contributed by atoms with van der Waals surface area (Å²) in [5.74, 6) is 0.995. The third-order valence-corrected chi connectivity index (χ3v) is 4.25. The predicted molar refractivity (Wildman–Crippen MR) is 88.8 cm³/mol. The van der Waals surface area contributed by atoms with E-state index in [9.17, 15) is 3.89 Å². The zero-order valence-electron chi connectivity index (χ0n) is 12.9. The second-order valence-electron chi connectivity index (χ2n) is 4.36. The number of aromatic nitrogens is 1. The van der Waals surface area contributed by atoms with Gasteiger partial charge in [-0.3, -0.25) is 0 Å². The highest BCUT2D eigenvalue weighted by Crippen LogP contribution is 2.25. The lowest BCUT2D eigenvalue weighted by Gasteiger charge is -1.99. The first kappa shape index (κ1) is 19.8. The first-order valence-electron chi connectivity index (χ1n) is 6.71. The summed E-state index contributed by atoms with van der Waals surface area (Å²) < 4.78 is 44.2. The van der Waals surface area contributed by atoms with Crippen LogP contribution in [0.5, 0.6) is 0 Å². The summed E-state index contributed by atoms with van der Waals surface area (Å²) in [6, 6.07) is 6.03. The van der Waals surface area contributed by atoms with Crippen LogP contribution in [0.1, 0.15) is 25.3 Å². The van der Waals surface area contributed by atoms with Crippen molar-refractivity contribution < 1.29 is 26.2 Å². The van der Waals surface area contributed by atoms with Gasteiger partial charge in [0.15, 0.2) is 0 Å². The van der Waals surface area contributed by atoms with Crippen LogP contribution < -0.4 is 4.57 Å². The zero-order valence-corrected chi connectivity index (χ0v) is 15.3. The van der Waals surface area contributed by atoms with E-state index in [1.165, 1.54) is 15.2 Å². The number of allylic oxidation sites excluding steroid dienone is 1. The van der Waals surface area contributed by atoms with E-state index in [1.54, 1.807) is 18.4 Å². The van der Waals surface area contributed by atoms with E-state index in [0.29, 0.717) is 0 Å². The van der Waals surface area contributed by atoms with Crippen molar-refractivity contribution in [1.29, 1.82) is 0 Å². The molecule has 2 rings (SSSR count). The summed E-state index contributed by atoms with van der Waals surface area (Å²) in [4.78, 5) is 0. The Labute approximate surface area is 144 Å². The standard InChI is InChI=1S/C14H17ClNOS.FHO3S/c1-4-11(17-3)9-14-16(5-2)12-8-10(15)6-7-13(12)18-14;1-5(2,3)4/h6-9H,4-5H2,1-3H3;(H,2,3,4)/q+1;/p-1. The van der Waals surface area contributed by atoms with E-state index < -0.39 is 10.5 Å². The normalized spacial score (nSPS) is 12.0. The summed E-state index contributed by atoms with van der Waals surface area (Å²) in [5.41, 5.74) is 1.19. The highest BCUT2D eigenvalue weighted by atomic mass is 35.5. The summed E-state index contributed by atoms with van der Waals surface area (Å²) in [6.45, 7) is 5.16. The molecule has 0 aliphatic heterocycles. The Hall–Kier alpha value is -1.22. The number of nitrogens with zero attached hydrogens (tertiary/aromatic N) is 1. The molecule has 2 aromatic rings. The number of hydrogen-bond acceptors (Lipinski definition) is 5. The second kappa shape index (κ2) is 8.58. The molecule has 0 fully saturated rings. The van der Waals surface area contributed by atoms with Crippen LogP contribution in [0.4, 0.5) is 3.89 Å². The largest absolute Gasteiger partial charge is 0.722 e. The van der Waals surface area contributed by atoms with Crippen molar-refractivity contribution in [3.8, 4) is 0 Å². The summed E-state index contributed by atoms with van der Waals surface area (Å²) in [7, 11) is -3.70. The third-order valence-electron chi connectivity index (χ3n) is 2.90. The fourth-order valence-corrected chi connectivity index (χ4v) is 3.28. The number of rotatable bonds is 4. The van der Waals surface area contributed by atoms with E-state index in [4.69, 9.17) is 29.3 Å². The second-order valence-corrected chi connectivity index (χ2v) is 6.64. The number of methoxy groups -OCH3 is 1. The van der Waals surface area contributed by atoms with Crippen LogP contribution >= 0.6 is 22.9 Å². The van der Waals surface area contributed by atoms with Gasteiger partial charge in [-0.1, -0.05) is 29.9 Å². The molecule has 0 spiro atoms. The monoisotopic (exact) mass is 381 g/mol. The molecule has 9 heteroatoms. The van der Waals surface area contributed by atoms with Gasteiger partial charge in [0.1, 0.15) is 17.0 Å². The lowest BCUT2D eigenvalue weighted by atomic mass is 10.3. The minimum atomic E-state index is -5.42. The number of aryl methyl sites for hydroxylation is 1. The van der Waals surface area contributed by atoms with Crippen LogP contribution in [0.3, 0.4) is 0 Å². The van der Waals surface area contributed by atoms with E-state index >= 15 is 0 Å². The maximum absolute atomic E-state index is 10.1. The van der Waals surface area contributed by atoms with Gasteiger partial charge in [-0.15, -0.1) is 3.89 Å². The smallest absolute Gasteiger partial charge is 0.266 e. The Kier molecular flexibility index (Phi) is 7.40. The van der Waals surface area contributed by atoms with E-state index in [-0.39, 0.29) is 0 Å². The first-order chi connectivity index (χ1) is 10.7. The van der Waals surface area contributed by atoms with Crippen molar-refractivity contribution in [3.05, 3.63) is 34.0 Å². The molecule has 0 radical (unpaired) electrons. The van der Waals surface area contributed by atoms with Crippen molar-refractivity contribution in [3.63, 3.8) is 0 Å². The van der Waals surface area contributed by atoms with Crippen molar-refractivity contribution in [1.82, 2.24) is 0 Å². The van der Waals surface area contributed by atoms with Crippen LogP contribution in [0.25, 0.3) is 16.3 Å². The number of hydrogen-bond donors (Lipinski definition) is 0. The number of fused-ring (bicyclic) bond motifs is 1. The van der Waals surface area contributed by atoms with Crippen molar-refractivity contribution in [2.75, 3.05) is 7.11 Å². The van der Waals surface area contributed by atoms with Gasteiger partial charge in [-0.05, 0) is 19.1 Å². The van der Waals surface area contributed by atoms with Gasteiger partial charge >= 0.3 is 0 Å². The number of ether oxygens (including phenoxy) is 1. The molecule has 1 aromatic heterocycles. The summed E-state index contributed by atoms with van der Waals surface area (Å²) in [6.07, 6.45) is 3.01. The molecule has 0 aliphatic carbocycles. The Morgan fingerprint density at radius 1 is 1.48 bits per heavy atom.